The molecule has 1 saturated heterocycles. The molecule has 1 aliphatic heterocycles. The summed E-state index contributed by atoms with van der Waals surface area (Å²) >= 11 is 5.94. The zero-order chi connectivity index (χ0) is 20.8. The van der Waals surface area contributed by atoms with Gasteiger partial charge >= 0.3 is 0 Å². The Morgan fingerprint density at radius 1 is 1.07 bits per heavy atom. The molecule has 0 aromatic heterocycles. The molecule has 7 heteroatoms. The average Bonchev–Trinajstić information content (AvgIpc) is 2.74. The van der Waals surface area contributed by atoms with Crippen LogP contribution in [0.5, 0.6) is 5.75 Å². The second-order valence-electron chi connectivity index (χ2n) is 7.10. The Kier molecular flexibility index (Phi) is 6.99. The van der Waals surface area contributed by atoms with Gasteiger partial charge < -0.3 is 19.9 Å². The van der Waals surface area contributed by atoms with Crippen LogP contribution in [0.1, 0.15) is 11.1 Å². The maximum atomic E-state index is 12.4. The molecule has 0 spiro atoms. The monoisotopic (exact) mass is 415 g/mol. The van der Waals surface area contributed by atoms with Gasteiger partial charge in [0.2, 0.25) is 11.8 Å². The van der Waals surface area contributed by atoms with Crippen LogP contribution in [-0.4, -0.2) is 56.5 Å². The van der Waals surface area contributed by atoms with Gasteiger partial charge in [-0.05, 0) is 48.4 Å². The molecule has 0 unspecified atom stereocenters. The Morgan fingerprint density at radius 3 is 2.41 bits per heavy atom. The molecular formula is C22H26ClN3O3. The second-order valence-corrected chi connectivity index (χ2v) is 7.54. The highest BCUT2D eigenvalue weighted by Gasteiger charge is 2.21. The third-order valence-corrected chi connectivity index (χ3v) is 5.35. The SMILES string of the molecule is COc1cc(CC(=O)NCC(=O)N2CCN(c3ccc(Cl)cc3)CC2)ccc1C. The van der Waals surface area contributed by atoms with Crippen molar-refractivity contribution in [2.24, 2.45) is 0 Å². The molecule has 2 aromatic carbocycles. The third-order valence-electron chi connectivity index (χ3n) is 5.10. The highest BCUT2D eigenvalue weighted by Crippen LogP contribution is 2.20. The van der Waals surface area contributed by atoms with E-state index in [1.165, 1.54) is 0 Å². The van der Waals surface area contributed by atoms with E-state index < -0.39 is 0 Å². The number of benzene rings is 2. The second kappa shape index (κ2) is 9.65. The molecule has 1 heterocycles. The molecule has 0 bridgehead atoms. The summed E-state index contributed by atoms with van der Waals surface area (Å²) in [5.74, 6) is 0.518. The number of amides is 2. The van der Waals surface area contributed by atoms with Crippen LogP contribution in [0.15, 0.2) is 42.5 Å². The number of aryl methyl sites for hydroxylation is 1. The van der Waals surface area contributed by atoms with Gasteiger partial charge in [0.1, 0.15) is 5.75 Å². The van der Waals surface area contributed by atoms with Crippen molar-refractivity contribution in [3.05, 3.63) is 58.6 Å². The summed E-state index contributed by atoms with van der Waals surface area (Å²) in [5.41, 5.74) is 2.97. The third kappa shape index (κ3) is 5.64. The first-order valence-electron chi connectivity index (χ1n) is 9.65. The molecule has 0 aliphatic carbocycles. The normalized spacial score (nSPS) is 13.9. The lowest BCUT2D eigenvalue weighted by Crippen LogP contribution is -2.51. The molecule has 2 amide bonds. The first-order chi connectivity index (χ1) is 14.0. The number of anilines is 1. The van der Waals surface area contributed by atoms with Crippen LogP contribution in [0.3, 0.4) is 0 Å². The first kappa shape index (κ1) is 21.0. The van der Waals surface area contributed by atoms with Gasteiger partial charge in [0.15, 0.2) is 0 Å². The maximum absolute atomic E-state index is 12.4. The van der Waals surface area contributed by atoms with E-state index in [0.717, 1.165) is 35.7 Å². The van der Waals surface area contributed by atoms with Crippen molar-refractivity contribution in [1.29, 1.82) is 0 Å². The number of carbonyl (C=O) groups is 2. The minimum absolute atomic E-state index is 0.0166. The number of rotatable bonds is 6. The van der Waals surface area contributed by atoms with Crippen molar-refractivity contribution in [2.45, 2.75) is 13.3 Å². The molecule has 1 aliphatic rings. The van der Waals surface area contributed by atoms with E-state index in [1.54, 1.807) is 12.0 Å². The number of nitrogens with zero attached hydrogens (tertiary/aromatic N) is 2. The number of hydrogen-bond donors (Lipinski definition) is 1. The smallest absolute Gasteiger partial charge is 0.242 e. The highest BCUT2D eigenvalue weighted by atomic mass is 35.5. The Bertz CT molecular complexity index is 862. The van der Waals surface area contributed by atoms with Gasteiger partial charge in [0.05, 0.1) is 20.1 Å². The molecular weight excluding hydrogens is 390 g/mol. The van der Waals surface area contributed by atoms with Crippen molar-refractivity contribution in [3.63, 3.8) is 0 Å². The predicted molar refractivity (Wildman–Crippen MR) is 115 cm³/mol. The van der Waals surface area contributed by atoms with Gasteiger partial charge in [-0.1, -0.05) is 23.7 Å². The van der Waals surface area contributed by atoms with Gasteiger partial charge in [-0.15, -0.1) is 0 Å². The van der Waals surface area contributed by atoms with Crippen molar-refractivity contribution in [1.82, 2.24) is 10.2 Å². The number of ether oxygens (including phenoxy) is 1. The van der Waals surface area contributed by atoms with E-state index in [4.69, 9.17) is 16.3 Å². The van der Waals surface area contributed by atoms with Crippen molar-refractivity contribution < 1.29 is 14.3 Å². The lowest BCUT2D eigenvalue weighted by atomic mass is 10.1. The molecule has 3 rings (SSSR count). The molecule has 6 nitrogen and oxygen atoms in total. The van der Waals surface area contributed by atoms with Crippen LogP contribution in [-0.2, 0) is 16.0 Å². The van der Waals surface area contributed by atoms with Crippen LogP contribution >= 0.6 is 11.6 Å². The van der Waals surface area contributed by atoms with E-state index in [1.807, 2.05) is 49.4 Å². The van der Waals surface area contributed by atoms with Crippen molar-refractivity contribution in [3.8, 4) is 5.75 Å². The minimum Gasteiger partial charge on any atom is -0.496 e. The number of nitrogens with one attached hydrogen (secondary N) is 1. The number of hydrogen-bond acceptors (Lipinski definition) is 4. The maximum Gasteiger partial charge on any atom is 0.242 e. The van der Waals surface area contributed by atoms with Crippen molar-refractivity contribution in [2.75, 3.05) is 44.7 Å². The fourth-order valence-corrected chi connectivity index (χ4v) is 3.50. The molecule has 0 atom stereocenters. The van der Waals surface area contributed by atoms with Gasteiger partial charge in [-0.3, -0.25) is 9.59 Å². The quantitative estimate of drug-likeness (QED) is 0.787. The van der Waals surface area contributed by atoms with Crippen LogP contribution in [0, 0.1) is 6.92 Å². The van der Waals surface area contributed by atoms with Crippen molar-refractivity contribution >= 4 is 29.1 Å². The number of methoxy groups -OCH3 is 1. The van der Waals surface area contributed by atoms with E-state index in [-0.39, 0.29) is 24.8 Å². The van der Waals surface area contributed by atoms with E-state index >= 15 is 0 Å². The van der Waals surface area contributed by atoms with E-state index in [2.05, 4.69) is 10.2 Å². The fraction of sp³-hybridized carbons (Fsp3) is 0.364. The topological polar surface area (TPSA) is 61.9 Å². The Balaban J connectivity index is 1.44. The molecule has 154 valence electrons. The largest absolute Gasteiger partial charge is 0.496 e. The first-order valence-corrected chi connectivity index (χ1v) is 10.0. The Hall–Kier alpha value is -2.73. The average molecular weight is 416 g/mol. The Labute approximate surface area is 176 Å². The lowest BCUT2D eigenvalue weighted by molar-refractivity contribution is -0.133. The predicted octanol–water partition coefficient (Wildman–Crippen LogP) is 2.66. The molecule has 1 fully saturated rings. The minimum atomic E-state index is -0.177. The van der Waals surface area contributed by atoms with Gasteiger partial charge in [-0.2, -0.15) is 0 Å². The van der Waals surface area contributed by atoms with Crippen LogP contribution in [0.4, 0.5) is 5.69 Å². The lowest BCUT2D eigenvalue weighted by Gasteiger charge is -2.36. The molecule has 0 radical (unpaired) electrons. The van der Waals surface area contributed by atoms with Gasteiger partial charge in [-0.25, -0.2) is 0 Å². The molecule has 0 saturated carbocycles. The summed E-state index contributed by atoms with van der Waals surface area (Å²) in [5, 5.41) is 3.44. The van der Waals surface area contributed by atoms with Gasteiger partial charge in [0, 0.05) is 36.9 Å². The summed E-state index contributed by atoms with van der Waals surface area (Å²) in [6.45, 7) is 4.74. The van der Waals surface area contributed by atoms with Gasteiger partial charge in [0.25, 0.3) is 0 Å². The summed E-state index contributed by atoms with van der Waals surface area (Å²) < 4.78 is 5.29. The molecule has 2 aromatic rings. The fourth-order valence-electron chi connectivity index (χ4n) is 3.37. The Morgan fingerprint density at radius 2 is 1.76 bits per heavy atom. The zero-order valence-corrected chi connectivity index (χ0v) is 17.5. The summed E-state index contributed by atoms with van der Waals surface area (Å²) in [4.78, 5) is 28.7. The summed E-state index contributed by atoms with van der Waals surface area (Å²) in [7, 11) is 1.61. The molecule has 29 heavy (non-hydrogen) atoms. The van der Waals surface area contributed by atoms with Crippen LogP contribution < -0.4 is 15.0 Å². The summed E-state index contributed by atoms with van der Waals surface area (Å²) in [6.07, 6.45) is 0.217. The molecule has 1 N–H and O–H groups in total. The number of piperazine rings is 1. The number of carbonyl (C=O) groups excluding carboxylic acids is 2. The number of halogens is 1. The van der Waals surface area contributed by atoms with E-state index in [9.17, 15) is 9.59 Å². The summed E-state index contributed by atoms with van der Waals surface area (Å²) in [6, 6.07) is 13.4. The highest BCUT2D eigenvalue weighted by molar-refractivity contribution is 6.30. The zero-order valence-electron chi connectivity index (χ0n) is 16.8. The van der Waals surface area contributed by atoms with E-state index in [0.29, 0.717) is 18.1 Å². The van der Waals surface area contributed by atoms with Crippen LogP contribution in [0.25, 0.3) is 0 Å². The standard InChI is InChI=1S/C22H26ClN3O3/c1-16-3-4-17(13-20(16)29-2)14-21(27)24-15-22(28)26-11-9-25(10-12-26)19-7-5-18(23)6-8-19/h3-8,13H,9-12,14-15H2,1-2H3,(H,24,27). The van der Waals surface area contributed by atoms with Crippen LogP contribution in [0.2, 0.25) is 5.02 Å².